The van der Waals surface area contributed by atoms with Crippen LogP contribution in [0.3, 0.4) is 0 Å². The van der Waals surface area contributed by atoms with Crippen molar-refractivity contribution >= 4 is 6.29 Å². The van der Waals surface area contributed by atoms with E-state index in [1.165, 1.54) is 0 Å². The van der Waals surface area contributed by atoms with Gasteiger partial charge in [-0.2, -0.15) is 0 Å². The van der Waals surface area contributed by atoms with Gasteiger partial charge in [-0.05, 0) is 19.3 Å². The number of carbonyl (C=O) groups excluding carboxylic acids is 1. The summed E-state index contributed by atoms with van der Waals surface area (Å²) in [5, 5.41) is 21.8. The summed E-state index contributed by atoms with van der Waals surface area (Å²) < 4.78 is 5.38. The third kappa shape index (κ3) is 4.70. The Hall–Kier alpha value is -0.490. The minimum atomic E-state index is -0.900. The van der Waals surface area contributed by atoms with E-state index in [1.54, 1.807) is 0 Å². The molecule has 0 aromatic rings. The number of hydrogen-bond acceptors (Lipinski definition) is 5. The molecule has 3 atom stereocenters. The van der Waals surface area contributed by atoms with Gasteiger partial charge in [0, 0.05) is 13.1 Å². The molecule has 0 bridgehead atoms. The van der Waals surface area contributed by atoms with Crippen molar-refractivity contribution in [2.45, 2.75) is 37.6 Å². The summed E-state index contributed by atoms with van der Waals surface area (Å²) in [5.74, 6) is 0. The van der Waals surface area contributed by atoms with Gasteiger partial charge < -0.3 is 25.1 Å². The molecule has 1 fully saturated rings. The molecule has 0 aromatic heterocycles. The van der Waals surface area contributed by atoms with Crippen molar-refractivity contribution in [2.24, 2.45) is 0 Å². The highest BCUT2D eigenvalue weighted by Gasteiger charge is 2.21. The van der Waals surface area contributed by atoms with Gasteiger partial charge in [0.15, 0.2) is 0 Å². The molecular weight excluding hydrogens is 198 g/mol. The van der Waals surface area contributed by atoms with Gasteiger partial charge in [-0.3, -0.25) is 0 Å². The molecule has 15 heavy (non-hydrogen) atoms. The molecule has 5 nitrogen and oxygen atoms in total. The summed E-state index contributed by atoms with van der Waals surface area (Å²) >= 11 is 0. The Morgan fingerprint density at radius 2 is 2.27 bits per heavy atom. The molecule has 1 heterocycles. The third-order valence-electron chi connectivity index (χ3n) is 2.54. The van der Waals surface area contributed by atoms with E-state index in [1.807, 2.05) is 0 Å². The van der Waals surface area contributed by atoms with E-state index in [0.29, 0.717) is 38.7 Å². The predicted molar refractivity (Wildman–Crippen MR) is 54.5 cm³/mol. The number of morpholine rings is 1. The Kier molecular flexibility index (Phi) is 5.78. The fraction of sp³-hybridized carbons (Fsp3) is 0.900. The molecule has 3 unspecified atom stereocenters. The van der Waals surface area contributed by atoms with Crippen LogP contribution < -0.4 is 5.32 Å². The average Bonchev–Trinajstić information content (AvgIpc) is 2.29. The van der Waals surface area contributed by atoms with Crippen LogP contribution in [-0.2, 0) is 9.53 Å². The Balaban J connectivity index is 2.11. The topological polar surface area (TPSA) is 78.8 Å². The smallest absolute Gasteiger partial charge is 0.148 e. The van der Waals surface area contributed by atoms with E-state index in [0.717, 1.165) is 6.54 Å². The first kappa shape index (κ1) is 12.6. The standard InChI is InChI=1S/C10H19NO4/c12-7-8(13)2-1-3-9(14)10-6-11-4-5-15-10/h7-11,13-14H,1-6H2. The molecule has 1 aliphatic rings. The van der Waals surface area contributed by atoms with Crippen molar-refractivity contribution < 1.29 is 19.7 Å². The maximum Gasteiger partial charge on any atom is 0.148 e. The fourth-order valence-corrected chi connectivity index (χ4v) is 1.62. The third-order valence-corrected chi connectivity index (χ3v) is 2.54. The zero-order valence-electron chi connectivity index (χ0n) is 8.76. The molecule has 0 spiro atoms. The first-order valence-electron chi connectivity index (χ1n) is 5.37. The predicted octanol–water partition coefficient (Wildman–Crippen LogP) is -0.934. The van der Waals surface area contributed by atoms with E-state index in [-0.39, 0.29) is 6.10 Å². The molecular formula is C10H19NO4. The Morgan fingerprint density at radius 1 is 1.47 bits per heavy atom. The zero-order chi connectivity index (χ0) is 11.1. The highest BCUT2D eigenvalue weighted by Crippen LogP contribution is 2.10. The zero-order valence-corrected chi connectivity index (χ0v) is 8.76. The van der Waals surface area contributed by atoms with Crippen LogP contribution in [0.25, 0.3) is 0 Å². The molecule has 0 amide bonds. The Morgan fingerprint density at radius 3 is 2.87 bits per heavy atom. The average molecular weight is 217 g/mol. The first-order chi connectivity index (χ1) is 7.24. The number of carbonyl (C=O) groups is 1. The van der Waals surface area contributed by atoms with Crippen molar-refractivity contribution in [1.82, 2.24) is 5.32 Å². The molecule has 0 radical (unpaired) electrons. The van der Waals surface area contributed by atoms with Crippen molar-refractivity contribution in [1.29, 1.82) is 0 Å². The van der Waals surface area contributed by atoms with Crippen LogP contribution in [0.4, 0.5) is 0 Å². The van der Waals surface area contributed by atoms with Gasteiger partial charge in [0.1, 0.15) is 12.4 Å². The quantitative estimate of drug-likeness (QED) is 0.501. The number of aldehydes is 1. The summed E-state index contributed by atoms with van der Waals surface area (Å²) in [7, 11) is 0. The van der Waals surface area contributed by atoms with E-state index >= 15 is 0 Å². The fourth-order valence-electron chi connectivity index (χ4n) is 1.62. The molecule has 0 aliphatic carbocycles. The van der Waals surface area contributed by atoms with Crippen LogP contribution in [0.15, 0.2) is 0 Å². The van der Waals surface area contributed by atoms with Crippen LogP contribution in [0.5, 0.6) is 0 Å². The summed E-state index contributed by atoms with van der Waals surface area (Å²) in [5.41, 5.74) is 0. The number of aliphatic hydroxyl groups excluding tert-OH is 2. The largest absolute Gasteiger partial charge is 0.390 e. The molecule has 88 valence electrons. The van der Waals surface area contributed by atoms with E-state index in [9.17, 15) is 9.90 Å². The number of ether oxygens (including phenoxy) is 1. The summed E-state index contributed by atoms with van der Waals surface area (Å²) in [4.78, 5) is 10.1. The van der Waals surface area contributed by atoms with E-state index in [4.69, 9.17) is 9.84 Å². The SMILES string of the molecule is O=CC(O)CCCC(O)C1CNCCO1. The van der Waals surface area contributed by atoms with Gasteiger partial charge in [-0.15, -0.1) is 0 Å². The van der Waals surface area contributed by atoms with Crippen molar-refractivity contribution in [3.05, 3.63) is 0 Å². The van der Waals surface area contributed by atoms with Crippen LogP contribution in [0, 0.1) is 0 Å². The monoisotopic (exact) mass is 217 g/mol. The molecule has 3 N–H and O–H groups in total. The van der Waals surface area contributed by atoms with E-state index < -0.39 is 12.2 Å². The molecule has 1 saturated heterocycles. The molecule has 1 rings (SSSR count). The summed E-state index contributed by atoms with van der Waals surface area (Å²) in [6.07, 6.45) is 0.524. The highest BCUT2D eigenvalue weighted by molar-refractivity contribution is 5.55. The highest BCUT2D eigenvalue weighted by atomic mass is 16.5. The number of aliphatic hydroxyl groups is 2. The number of rotatable bonds is 6. The van der Waals surface area contributed by atoms with E-state index in [2.05, 4.69) is 5.32 Å². The maximum atomic E-state index is 10.1. The first-order valence-corrected chi connectivity index (χ1v) is 5.37. The van der Waals surface area contributed by atoms with Crippen LogP contribution in [0.1, 0.15) is 19.3 Å². The molecule has 1 aliphatic heterocycles. The maximum absolute atomic E-state index is 10.1. The van der Waals surface area contributed by atoms with Gasteiger partial charge >= 0.3 is 0 Å². The lowest BCUT2D eigenvalue weighted by Gasteiger charge is -2.27. The van der Waals surface area contributed by atoms with Crippen LogP contribution in [0.2, 0.25) is 0 Å². The summed E-state index contributed by atoms with van der Waals surface area (Å²) in [6.45, 7) is 2.11. The van der Waals surface area contributed by atoms with Gasteiger partial charge in [-0.25, -0.2) is 0 Å². The Bertz CT molecular complexity index is 182. The van der Waals surface area contributed by atoms with Crippen molar-refractivity contribution in [2.75, 3.05) is 19.7 Å². The minimum absolute atomic E-state index is 0.160. The van der Waals surface area contributed by atoms with Crippen molar-refractivity contribution in [3.63, 3.8) is 0 Å². The molecule has 0 aromatic carbocycles. The Labute approximate surface area is 89.4 Å². The van der Waals surface area contributed by atoms with Crippen molar-refractivity contribution in [3.8, 4) is 0 Å². The molecule has 5 heteroatoms. The second kappa shape index (κ2) is 6.90. The van der Waals surface area contributed by atoms with Gasteiger partial charge in [0.2, 0.25) is 0 Å². The minimum Gasteiger partial charge on any atom is -0.390 e. The second-order valence-corrected chi connectivity index (χ2v) is 3.82. The number of nitrogens with one attached hydrogen (secondary N) is 1. The lowest BCUT2D eigenvalue weighted by atomic mass is 10.0. The summed E-state index contributed by atoms with van der Waals surface area (Å²) in [6, 6.07) is 0. The second-order valence-electron chi connectivity index (χ2n) is 3.82. The normalized spacial score (nSPS) is 25.9. The number of hydrogen-bond donors (Lipinski definition) is 3. The lowest BCUT2D eigenvalue weighted by Crippen LogP contribution is -2.45. The van der Waals surface area contributed by atoms with Crippen LogP contribution >= 0.6 is 0 Å². The lowest BCUT2D eigenvalue weighted by molar-refractivity contribution is -0.115. The van der Waals surface area contributed by atoms with Gasteiger partial charge in [-0.1, -0.05) is 0 Å². The van der Waals surface area contributed by atoms with Crippen LogP contribution in [-0.4, -0.2) is 54.5 Å². The van der Waals surface area contributed by atoms with Gasteiger partial charge in [0.05, 0.1) is 18.8 Å². The molecule has 0 saturated carbocycles. The van der Waals surface area contributed by atoms with Gasteiger partial charge in [0.25, 0.3) is 0 Å².